The van der Waals surface area contributed by atoms with E-state index < -0.39 is 0 Å². The van der Waals surface area contributed by atoms with Gasteiger partial charge in [-0.25, -0.2) is 0 Å². The van der Waals surface area contributed by atoms with Gasteiger partial charge in [0.25, 0.3) is 0 Å². The number of ether oxygens (including phenoxy) is 3. The van der Waals surface area contributed by atoms with Crippen LogP contribution in [0.5, 0.6) is 17.2 Å². The third-order valence-corrected chi connectivity index (χ3v) is 7.00. The molecule has 2 aromatic rings. The van der Waals surface area contributed by atoms with Gasteiger partial charge in [0, 0.05) is 37.7 Å². The summed E-state index contributed by atoms with van der Waals surface area (Å²) in [6.07, 6.45) is 2.91. The number of hydrogen-bond acceptors (Lipinski definition) is 6. The fourth-order valence-corrected chi connectivity index (χ4v) is 4.89. The Kier molecular flexibility index (Phi) is 8.13. The average Bonchev–Trinajstić information content (AvgIpc) is 2.91. The van der Waals surface area contributed by atoms with Gasteiger partial charge >= 0.3 is 0 Å². The Hall–Kier alpha value is -3.26. The molecule has 2 amide bonds. The molecule has 2 aliphatic rings. The van der Waals surface area contributed by atoms with Gasteiger partial charge in [0.15, 0.2) is 11.5 Å². The second-order valence-corrected chi connectivity index (χ2v) is 9.13. The SMILES string of the molecule is COc1ccc(NC(=O)CCN2CCC(C(=O)N3CCc4cc(OC)c(OC)cc4C3)CC2)cc1. The van der Waals surface area contributed by atoms with Gasteiger partial charge in [-0.2, -0.15) is 0 Å². The lowest BCUT2D eigenvalue weighted by Gasteiger charge is -2.36. The van der Waals surface area contributed by atoms with Gasteiger partial charge in [-0.05, 0) is 79.9 Å². The Labute approximate surface area is 207 Å². The number of rotatable bonds is 8. The molecule has 35 heavy (non-hydrogen) atoms. The van der Waals surface area contributed by atoms with Gasteiger partial charge in [0.05, 0.1) is 21.3 Å². The van der Waals surface area contributed by atoms with Gasteiger partial charge in [-0.15, -0.1) is 0 Å². The number of carbonyl (C=O) groups excluding carboxylic acids is 2. The lowest BCUT2D eigenvalue weighted by molar-refractivity contribution is -0.138. The number of hydrogen-bond donors (Lipinski definition) is 1. The van der Waals surface area contributed by atoms with Crippen LogP contribution in [0.4, 0.5) is 5.69 Å². The molecule has 1 N–H and O–H groups in total. The first-order chi connectivity index (χ1) is 17.0. The van der Waals surface area contributed by atoms with Crippen LogP contribution in [-0.4, -0.2) is 69.1 Å². The molecule has 0 unspecified atom stereocenters. The molecule has 0 radical (unpaired) electrons. The Morgan fingerprint density at radius 1 is 0.914 bits per heavy atom. The summed E-state index contributed by atoms with van der Waals surface area (Å²) in [5, 5.41) is 2.93. The van der Waals surface area contributed by atoms with E-state index in [1.54, 1.807) is 21.3 Å². The topological polar surface area (TPSA) is 80.3 Å². The van der Waals surface area contributed by atoms with E-state index in [-0.39, 0.29) is 17.7 Å². The molecule has 1 fully saturated rings. The molecular formula is C27H35N3O5. The molecule has 2 aliphatic heterocycles. The summed E-state index contributed by atoms with van der Waals surface area (Å²) in [4.78, 5) is 29.8. The Morgan fingerprint density at radius 2 is 1.57 bits per heavy atom. The largest absolute Gasteiger partial charge is 0.497 e. The van der Waals surface area contributed by atoms with Gasteiger partial charge in [0.2, 0.25) is 11.8 Å². The summed E-state index contributed by atoms with van der Waals surface area (Å²) >= 11 is 0. The zero-order valence-electron chi connectivity index (χ0n) is 20.8. The van der Waals surface area contributed by atoms with Gasteiger partial charge in [-0.1, -0.05) is 0 Å². The zero-order valence-corrected chi connectivity index (χ0v) is 20.8. The van der Waals surface area contributed by atoms with Crippen LogP contribution >= 0.6 is 0 Å². The van der Waals surface area contributed by atoms with Crippen molar-refractivity contribution in [1.29, 1.82) is 0 Å². The average molecular weight is 482 g/mol. The Balaban J connectivity index is 1.23. The van der Waals surface area contributed by atoms with Crippen molar-refractivity contribution in [3.05, 3.63) is 47.5 Å². The van der Waals surface area contributed by atoms with E-state index >= 15 is 0 Å². The van der Waals surface area contributed by atoms with Crippen molar-refractivity contribution in [3.63, 3.8) is 0 Å². The van der Waals surface area contributed by atoms with Crippen molar-refractivity contribution in [2.24, 2.45) is 5.92 Å². The molecule has 8 heteroatoms. The number of piperidine rings is 1. The van der Waals surface area contributed by atoms with Crippen LogP contribution in [0.2, 0.25) is 0 Å². The van der Waals surface area contributed by atoms with Crippen LogP contribution in [0, 0.1) is 5.92 Å². The van der Waals surface area contributed by atoms with Crippen LogP contribution in [-0.2, 0) is 22.6 Å². The van der Waals surface area contributed by atoms with Crippen LogP contribution in [0.1, 0.15) is 30.4 Å². The summed E-state index contributed by atoms with van der Waals surface area (Å²) in [5.41, 5.74) is 3.11. The number of carbonyl (C=O) groups is 2. The number of methoxy groups -OCH3 is 3. The van der Waals surface area contributed by atoms with E-state index in [1.807, 2.05) is 41.3 Å². The van der Waals surface area contributed by atoms with Crippen molar-refractivity contribution in [2.75, 3.05) is 52.8 Å². The lowest BCUT2D eigenvalue weighted by Crippen LogP contribution is -2.44. The summed E-state index contributed by atoms with van der Waals surface area (Å²) < 4.78 is 16.0. The smallest absolute Gasteiger partial charge is 0.226 e. The minimum Gasteiger partial charge on any atom is -0.497 e. The number of fused-ring (bicyclic) bond motifs is 1. The highest BCUT2D eigenvalue weighted by Crippen LogP contribution is 2.34. The number of nitrogens with zero attached hydrogens (tertiary/aromatic N) is 2. The standard InChI is InChI=1S/C27H35N3O5/c1-33-23-6-4-22(5-7-23)28-26(31)11-14-29-12-8-19(9-13-29)27(32)30-15-10-20-16-24(34-2)25(35-3)17-21(20)18-30/h4-7,16-17,19H,8-15,18H2,1-3H3,(H,28,31). The molecule has 1 saturated heterocycles. The maximum atomic E-state index is 13.2. The van der Waals surface area contributed by atoms with Crippen LogP contribution in [0.3, 0.4) is 0 Å². The van der Waals surface area contributed by atoms with Crippen molar-refractivity contribution in [1.82, 2.24) is 9.80 Å². The molecule has 4 rings (SSSR count). The highest BCUT2D eigenvalue weighted by molar-refractivity contribution is 5.90. The van der Waals surface area contributed by atoms with Crippen LogP contribution in [0.25, 0.3) is 0 Å². The number of benzene rings is 2. The molecule has 0 saturated carbocycles. The number of anilines is 1. The maximum absolute atomic E-state index is 13.2. The predicted octanol–water partition coefficient (Wildman–Crippen LogP) is 3.34. The van der Waals surface area contributed by atoms with Crippen molar-refractivity contribution in [3.8, 4) is 17.2 Å². The Bertz CT molecular complexity index is 1030. The van der Waals surface area contributed by atoms with E-state index in [0.717, 1.165) is 61.6 Å². The molecule has 0 bridgehead atoms. The minimum atomic E-state index is -0.00703. The van der Waals surface area contributed by atoms with Crippen molar-refractivity contribution < 1.29 is 23.8 Å². The highest BCUT2D eigenvalue weighted by Gasteiger charge is 2.31. The second-order valence-electron chi connectivity index (χ2n) is 9.13. The quantitative estimate of drug-likeness (QED) is 0.623. The highest BCUT2D eigenvalue weighted by atomic mass is 16.5. The first-order valence-electron chi connectivity index (χ1n) is 12.2. The fourth-order valence-electron chi connectivity index (χ4n) is 4.89. The third kappa shape index (κ3) is 6.06. The minimum absolute atomic E-state index is 0.00703. The molecule has 2 aromatic carbocycles. The number of nitrogens with one attached hydrogen (secondary N) is 1. The monoisotopic (exact) mass is 481 g/mol. The Morgan fingerprint density at radius 3 is 2.20 bits per heavy atom. The number of likely N-dealkylation sites (tertiary alicyclic amines) is 1. The second kappa shape index (κ2) is 11.4. The molecular weight excluding hydrogens is 446 g/mol. The van der Waals surface area contributed by atoms with Gasteiger partial charge < -0.3 is 29.3 Å². The molecule has 0 spiro atoms. The van der Waals surface area contributed by atoms with Crippen molar-refractivity contribution in [2.45, 2.75) is 32.2 Å². The summed E-state index contributed by atoms with van der Waals surface area (Å²) in [7, 11) is 4.89. The van der Waals surface area contributed by atoms with E-state index in [1.165, 1.54) is 5.56 Å². The molecule has 0 aliphatic carbocycles. The summed E-state index contributed by atoms with van der Waals surface area (Å²) in [6, 6.07) is 11.3. The normalized spacial score (nSPS) is 16.4. The zero-order chi connectivity index (χ0) is 24.8. The molecule has 8 nitrogen and oxygen atoms in total. The van der Waals surface area contributed by atoms with Gasteiger partial charge in [-0.3, -0.25) is 9.59 Å². The summed E-state index contributed by atoms with van der Waals surface area (Å²) in [5.74, 6) is 2.46. The first kappa shape index (κ1) is 24.9. The molecule has 0 aromatic heterocycles. The van der Waals surface area contributed by atoms with Crippen LogP contribution in [0.15, 0.2) is 36.4 Å². The first-order valence-corrected chi connectivity index (χ1v) is 12.2. The summed E-state index contributed by atoms with van der Waals surface area (Å²) in [6.45, 7) is 3.71. The van der Waals surface area contributed by atoms with Crippen LogP contribution < -0.4 is 19.5 Å². The molecule has 0 atom stereocenters. The molecule has 2 heterocycles. The van der Waals surface area contributed by atoms with E-state index in [4.69, 9.17) is 14.2 Å². The van der Waals surface area contributed by atoms with E-state index in [9.17, 15) is 9.59 Å². The predicted molar refractivity (Wildman–Crippen MR) is 134 cm³/mol. The number of amides is 2. The third-order valence-electron chi connectivity index (χ3n) is 7.00. The maximum Gasteiger partial charge on any atom is 0.226 e. The molecule has 188 valence electrons. The van der Waals surface area contributed by atoms with Gasteiger partial charge in [0.1, 0.15) is 5.75 Å². The lowest BCUT2D eigenvalue weighted by atomic mass is 9.92. The van der Waals surface area contributed by atoms with Crippen molar-refractivity contribution >= 4 is 17.5 Å². The van der Waals surface area contributed by atoms with E-state index in [2.05, 4.69) is 10.2 Å². The fraction of sp³-hybridized carbons (Fsp3) is 0.481. The van der Waals surface area contributed by atoms with E-state index in [0.29, 0.717) is 25.3 Å².